The zero-order valence-electron chi connectivity index (χ0n) is 16.2. The quantitative estimate of drug-likeness (QED) is 0.718. The number of carbonyl (C=O) groups is 3. The summed E-state index contributed by atoms with van der Waals surface area (Å²) in [5, 5.41) is 8.83. The number of nitrogens with zero attached hydrogens (tertiary/aromatic N) is 2. The van der Waals surface area contributed by atoms with E-state index in [2.05, 4.69) is 15.7 Å². The first kappa shape index (κ1) is 21.4. The number of ether oxygens (including phenoxy) is 1. The standard InChI is InChI=1S/C19H23ClN4O4/c1-11(2)10-24-16(20)14(12(3)23-24)18(26)28-15(13-8-6-5-7-9-13)17(25)22-19(27)21-4/h5-9,11,15H,10H2,1-4H3,(H2,21,22,25,27)/t15-/m1/s1. The molecule has 1 aromatic carbocycles. The Bertz CT molecular complexity index is 864. The lowest BCUT2D eigenvalue weighted by Crippen LogP contribution is -2.41. The molecule has 8 nitrogen and oxygen atoms in total. The molecule has 2 N–H and O–H groups in total. The first-order chi connectivity index (χ1) is 13.2. The summed E-state index contributed by atoms with van der Waals surface area (Å²) in [5.41, 5.74) is 0.908. The highest BCUT2D eigenvalue weighted by atomic mass is 35.5. The first-order valence-corrected chi connectivity index (χ1v) is 9.13. The number of urea groups is 1. The molecule has 2 aromatic rings. The van der Waals surface area contributed by atoms with Crippen molar-refractivity contribution in [3.05, 3.63) is 52.3 Å². The molecule has 0 fully saturated rings. The summed E-state index contributed by atoms with van der Waals surface area (Å²) in [6.07, 6.45) is -1.32. The van der Waals surface area contributed by atoms with Crippen molar-refractivity contribution in [1.29, 1.82) is 0 Å². The third-order valence-electron chi connectivity index (χ3n) is 3.84. The maximum Gasteiger partial charge on any atom is 0.344 e. The number of hydrogen-bond acceptors (Lipinski definition) is 5. The Balaban J connectivity index is 2.32. The molecule has 0 spiro atoms. The predicted molar refractivity (Wildman–Crippen MR) is 104 cm³/mol. The molecule has 1 atom stereocenters. The molecule has 1 heterocycles. The van der Waals surface area contributed by atoms with E-state index in [-0.39, 0.29) is 16.6 Å². The topological polar surface area (TPSA) is 102 Å². The summed E-state index contributed by atoms with van der Waals surface area (Å²) in [4.78, 5) is 36.8. The van der Waals surface area contributed by atoms with Crippen molar-refractivity contribution >= 4 is 29.5 Å². The molecule has 0 unspecified atom stereocenters. The minimum Gasteiger partial charge on any atom is -0.444 e. The number of aromatic nitrogens is 2. The fraction of sp³-hybridized carbons (Fsp3) is 0.368. The van der Waals surface area contributed by atoms with Gasteiger partial charge in [0.05, 0.1) is 5.69 Å². The molecule has 0 aliphatic carbocycles. The number of amides is 3. The second kappa shape index (κ2) is 9.36. The molecule has 0 aliphatic rings. The summed E-state index contributed by atoms with van der Waals surface area (Å²) >= 11 is 6.32. The molecule has 9 heteroatoms. The number of hydrogen-bond donors (Lipinski definition) is 2. The summed E-state index contributed by atoms with van der Waals surface area (Å²) in [7, 11) is 1.37. The Morgan fingerprint density at radius 3 is 2.43 bits per heavy atom. The first-order valence-electron chi connectivity index (χ1n) is 8.76. The average Bonchev–Trinajstić information content (AvgIpc) is 2.92. The number of nitrogens with one attached hydrogen (secondary N) is 2. The van der Waals surface area contributed by atoms with Crippen LogP contribution in [0.1, 0.15) is 41.6 Å². The zero-order chi connectivity index (χ0) is 20.8. The fourth-order valence-corrected chi connectivity index (χ4v) is 2.88. The van der Waals surface area contributed by atoms with Crippen LogP contribution in [0.2, 0.25) is 5.15 Å². The van der Waals surface area contributed by atoms with Gasteiger partial charge in [0.25, 0.3) is 5.91 Å². The fourth-order valence-electron chi connectivity index (χ4n) is 2.56. The number of imide groups is 1. The van der Waals surface area contributed by atoms with Crippen LogP contribution in [-0.2, 0) is 16.1 Å². The molecule has 0 saturated heterocycles. The lowest BCUT2D eigenvalue weighted by molar-refractivity contribution is -0.129. The molecule has 150 valence electrons. The van der Waals surface area contributed by atoms with Gasteiger partial charge in [-0.2, -0.15) is 5.10 Å². The van der Waals surface area contributed by atoms with Crippen molar-refractivity contribution in [2.75, 3.05) is 7.05 Å². The second-order valence-corrected chi connectivity index (χ2v) is 6.95. The van der Waals surface area contributed by atoms with E-state index in [0.717, 1.165) is 0 Å². The number of benzene rings is 1. The van der Waals surface area contributed by atoms with Crippen LogP contribution in [0.4, 0.5) is 4.79 Å². The van der Waals surface area contributed by atoms with E-state index in [0.29, 0.717) is 17.8 Å². The van der Waals surface area contributed by atoms with Gasteiger partial charge in [-0.1, -0.05) is 55.8 Å². The van der Waals surface area contributed by atoms with Gasteiger partial charge in [0.1, 0.15) is 10.7 Å². The number of halogens is 1. The molecular formula is C19H23ClN4O4. The van der Waals surface area contributed by atoms with Crippen LogP contribution in [-0.4, -0.2) is 34.7 Å². The number of rotatable bonds is 6. The normalized spacial score (nSPS) is 11.8. The van der Waals surface area contributed by atoms with E-state index >= 15 is 0 Å². The van der Waals surface area contributed by atoms with E-state index in [1.807, 2.05) is 13.8 Å². The highest BCUT2D eigenvalue weighted by Gasteiger charge is 2.30. The summed E-state index contributed by atoms with van der Waals surface area (Å²) in [6, 6.07) is 7.69. The van der Waals surface area contributed by atoms with Crippen LogP contribution in [0.15, 0.2) is 30.3 Å². The highest BCUT2D eigenvalue weighted by Crippen LogP contribution is 2.25. The van der Waals surface area contributed by atoms with Gasteiger partial charge < -0.3 is 10.1 Å². The molecule has 3 amide bonds. The van der Waals surface area contributed by atoms with Crippen LogP contribution in [0.3, 0.4) is 0 Å². The van der Waals surface area contributed by atoms with Gasteiger partial charge in [-0.15, -0.1) is 0 Å². The number of aryl methyl sites for hydroxylation is 1. The molecular weight excluding hydrogens is 384 g/mol. The third-order valence-corrected chi connectivity index (χ3v) is 4.22. The Hall–Kier alpha value is -2.87. The van der Waals surface area contributed by atoms with Crippen LogP contribution >= 0.6 is 11.6 Å². The largest absolute Gasteiger partial charge is 0.444 e. The monoisotopic (exact) mass is 406 g/mol. The Labute approximate surface area is 168 Å². The zero-order valence-corrected chi connectivity index (χ0v) is 16.9. The third kappa shape index (κ3) is 5.10. The van der Waals surface area contributed by atoms with Gasteiger partial charge in [0.2, 0.25) is 6.10 Å². The molecule has 28 heavy (non-hydrogen) atoms. The van der Waals surface area contributed by atoms with Crippen LogP contribution in [0.25, 0.3) is 0 Å². The predicted octanol–water partition coefficient (Wildman–Crippen LogP) is 2.85. The van der Waals surface area contributed by atoms with E-state index in [1.54, 1.807) is 37.3 Å². The Morgan fingerprint density at radius 1 is 1.21 bits per heavy atom. The molecule has 0 aliphatic heterocycles. The van der Waals surface area contributed by atoms with E-state index in [9.17, 15) is 14.4 Å². The van der Waals surface area contributed by atoms with E-state index < -0.39 is 24.0 Å². The van der Waals surface area contributed by atoms with Crippen molar-refractivity contribution in [1.82, 2.24) is 20.4 Å². The second-order valence-electron chi connectivity index (χ2n) is 6.59. The van der Waals surface area contributed by atoms with Crippen molar-refractivity contribution < 1.29 is 19.1 Å². The van der Waals surface area contributed by atoms with Crippen molar-refractivity contribution in [3.63, 3.8) is 0 Å². The maximum atomic E-state index is 12.8. The van der Waals surface area contributed by atoms with Crippen LogP contribution in [0.5, 0.6) is 0 Å². The SMILES string of the molecule is CNC(=O)NC(=O)[C@H](OC(=O)c1c(C)nn(CC(C)C)c1Cl)c1ccccc1. The molecule has 2 rings (SSSR count). The Morgan fingerprint density at radius 2 is 1.86 bits per heavy atom. The van der Waals surface area contributed by atoms with Crippen molar-refractivity contribution in [2.45, 2.75) is 33.4 Å². The van der Waals surface area contributed by atoms with Gasteiger partial charge in [0.15, 0.2) is 0 Å². The van der Waals surface area contributed by atoms with Gasteiger partial charge in [0, 0.05) is 19.2 Å². The van der Waals surface area contributed by atoms with Crippen molar-refractivity contribution in [2.24, 2.45) is 5.92 Å². The lowest BCUT2D eigenvalue weighted by Gasteiger charge is -2.17. The molecule has 0 radical (unpaired) electrons. The molecule has 0 bridgehead atoms. The maximum absolute atomic E-state index is 12.8. The summed E-state index contributed by atoms with van der Waals surface area (Å²) < 4.78 is 6.97. The minimum absolute atomic E-state index is 0.0935. The molecule has 1 aromatic heterocycles. The summed E-state index contributed by atoms with van der Waals surface area (Å²) in [6.45, 7) is 6.17. The van der Waals surface area contributed by atoms with Gasteiger partial charge in [-0.3, -0.25) is 14.8 Å². The number of esters is 1. The van der Waals surface area contributed by atoms with E-state index in [4.69, 9.17) is 16.3 Å². The number of carbonyl (C=O) groups excluding carboxylic acids is 3. The van der Waals surface area contributed by atoms with Crippen LogP contribution < -0.4 is 10.6 Å². The highest BCUT2D eigenvalue weighted by molar-refractivity contribution is 6.32. The summed E-state index contributed by atoms with van der Waals surface area (Å²) in [5.74, 6) is -1.29. The smallest absolute Gasteiger partial charge is 0.344 e. The Kier molecular flexibility index (Phi) is 7.17. The molecule has 0 saturated carbocycles. The van der Waals surface area contributed by atoms with E-state index in [1.165, 1.54) is 11.7 Å². The van der Waals surface area contributed by atoms with Gasteiger partial charge in [-0.05, 0) is 12.8 Å². The average molecular weight is 407 g/mol. The van der Waals surface area contributed by atoms with Gasteiger partial charge in [-0.25, -0.2) is 9.59 Å². The van der Waals surface area contributed by atoms with Crippen LogP contribution in [0, 0.1) is 12.8 Å². The van der Waals surface area contributed by atoms with Crippen molar-refractivity contribution in [3.8, 4) is 0 Å². The van der Waals surface area contributed by atoms with Gasteiger partial charge >= 0.3 is 12.0 Å². The lowest BCUT2D eigenvalue weighted by atomic mass is 10.1. The minimum atomic E-state index is -1.32.